The molecule has 0 fully saturated rings. The molecule has 2 aromatic carbocycles. The van der Waals surface area contributed by atoms with Crippen LogP contribution in [0.3, 0.4) is 0 Å². The van der Waals surface area contributed by atoms with Gasteiger partial charge in [-0.1, -0.05) is 23.7 Å². The number of amides is 2. The van der Waals surface area contributed by atoms with Crippen LogP contribution in [0.4, 0.5) is 5.69 Å². The Hall–Kier alpha value is -3.51. The van der Waals surface area contributed by atoms with Crippen LogP contribution in [0.1, 0.15) is 16.1 Å². The zero-order valence-corrected chi connectivity index (χ0v) is 15.7. The summed E-state index contributed by atoms with van der Waals surface area (Å²) in [4.78, 5) is 25.1. The first kappa shape index (κ1) is 19.3. The average Bonchev–Trinajstić information content (AvgIpc) is 3.24. The summed E-state index contributed by atoms with van der Waals surface area (Å²) < 4.78 is 10.2. The highest BCUT2D eigenvalue weighted by Gasteiger charge is 2.16. The fourth-order valence-corrected chi connectivity index (χ4v) is 2.47. The second kappa shape index (κ2) is 8.92. The molecule has 0 aliphatic carbocycles. The molecule has 0 atom stereocenters. The van der Waals surface area contributed by atoms with Gasteiger partial charge in [-0.3, -0.25) is 9.59 Å². The normalized spacial score (nSPS) is 11.0. The van der Waals surface area contributed by atoms with Crippen molar-refractivity contribution in [2.45, 2.75) is 0 Å². The van der Waals surface area contributed by atoms with Gasteiger partial charge in [0.15, 0.2) is 5.76 Å². The van der Waals surface area contributed by atoms with Gasteiger partial charge in [-0.25, -0.2) is 0 Å². The summed E-state index contributed by atoms with van der Waals surface area (Å²) in [6.45, 7) is 0. The molecule has 0 bridgehead atoms. The number of anilines is 1. The Bertz CT molecular complexity index is 978. The maximum Gasteiger partial charge on any atom is 0.291 e. The number of halogens is 1. The van der Waals surface area contributed by atoms with Gasteiger partial charge in [0.1, 0.15) is 11.4 Å². The van der Waals surface area contributed by atoms with Crippen molar-refractivity contribution in [3.63, 3.8) is 0 Å². The smallest absolute Gasteiger partial charge is 0.291 e. The van der Waals surface area contributed by atoms with E-state index in [1.807, 2.05) is 0 Å². The largest absolute Gasteiger partial charge is 0.497 e. The molecule has 7 heteroatoms. The van der Waals surface area contributed by atoms with Crippen LogP contribution in [-0.4, -0.2) is 18.9 Å². The molecular formula is C21H17ClN2O4. The number of carbonyl (C=O) groups is 2. The lowest BCUT2D eigenvalue weighted by Gasteiger charge is -2.11. The van der Waals surface area contributed by atoms with E-state index in [-0.39, 0.29) is 11.5 Å². The molecule has 3 aromatic rings. The standard InChI is InChI=1S/C21H17ClN2O4/c1-27-17-10-8-16(9-11-17)23-20(25)18(13-14-4-6-15(22)7-5-14)24-21(26)19-3-2-12-28-19/h2-13H,1H3,(H,23,25)(H,24,26). The molecule has 0 aliphatic heterocycles. The summed E-state index contributed by atoms with van der Waals surface area (Å²) >= 11 is 5.90. The van der Waals surface area contributed by atoms with E-state index in [1.54, 1.807) is 67.8 Å². The number of ether oxygens (including phenoxy) is 1. The number of furan rings is 1. The SMILES string of the molecule is COc1ccc(NC(=O)C(=Cc2ccc(Cl)cc2)NC(=O)c2ccco2)cc1. The number of carbonyl (C=O) groups excluding carboxylic acids is 2. The molecule has 0 radical (unpaired) electrons. The molecular weight excluding hydrogens is 380 g/mol. The van der Waals surface area contributed by atoms with Crippen LogP contribution in [-0.2, 0) is 4.79 Å². The summed E-state index contributed by atoms with van der Waals surface area (Å²) in [5.74, 6) is -0.254. The molecule has 2 N–H and O–H groups in total. The van der Waals surface area contributed by atoms with E-state index in [9.17, 15) is 9.59 Å². The minimum atomic E-state index is -0.532. The Morgan fingerprint density at radius 1 is 1.04 bits per heavy atom. The van der Waals surface area contributed by atoms with Gasteiger partial charge in [0, 0.05) is 10.7 Å². The van der Waals surface area contributed by atoms with Crippen LogP contribution in [0.25, 0.3) is 6.08 Å². The van der Waals surface area contributed by atoms with Crippen LogP contribution >= 0.6 is 11.6 Å². The lowest BCUT2D eigenvalue weighted by molar-refractivity contribution is -0.113. The molecule has 0 unspecified atom stereocenters. The Morgan fingerprint density at radius 2 is 1.75 bits per heavy atom. The quantitative estimate of drug-likeness (QED) is 0.607. The molecule has 0 saturated heterocycles. The Morgan fingerprint density at radius 3 is 2.36 bits per heavy atom. The molecule has 2 amide bonds. The third-order valence-corrected chi connectivity index (χ3v) is 4.02. The second-order valence-corrected chi connectivity index (χ2v) is 6.16. The van der Waals surface area contributed by atoms with Crippen molar-refractivity contribution in [2.24, 2.45) is 0 Å². The minimum Gasteiger partial charge on any atom is -0.497 e. The van der Waals surface area contributed by atoms with Gasteiger partial charge >= 0.3 is 0 Å². The van der Waals surface area contributed by atoms with Crippen molar-refractivity contribution in [1.82, 2.24) is 5.32 Å². The number of hydrogen-bond acceptors (Lipinski definition) is 4. The highest BCUT2D eigenvalue weighted by Crippen LogP contribution is 2.17. The highest BCUT2D eigenvalue weighted by molar-refractivity contribution is 6.30. The van der Waals surface area contributed by atoms with Crippen molar-refractivity contribution in [3.8, 4) is 5.75 Å². The van der Waals surface area contributed by atoms with Gasteiger partial charge in [0.05, 0.1) is 13.4 Å². The first-order valence-electron chi connectivity index (χ1n) is 8.32. The second-order valence-electron chi connectivity index (χ2n) is 5.72. The van der Waals surface area contributed by atoms with Gasteiger partial charge in [-0.05, 0) is 60.2 Å². The van der Waals surface area contributed by atoms with E-state index < -0.39 is 11.8 Å². The molecule has 28 heavy (non-hydrogen) atoms. The lowest BCUT2D eigenvalue weighted by Crippen LogP contribution is -2.30. The topological polar surface area (TPSA) is 80.6 Å². The summed E-state index contributed by atoms with van der Waals surface area (Å²) in [5.41, 5.74) is 1.31. The van der Waals surface area contributed by atoms with Crippen LogP contribution < -0.4 is 15.4 Å². The van der Waals surface area contributed by atoms with Crippen molar-refractivity contribution in [2.75, 3.05) is 12.4 Å². The fraction of sp³-hybridized carbons (Fsp3) is 0.0476. The monoisotopic (exact) mass is 396 g/mol. The van der Waals surface area contributed by atoms with Crippen LogP contribution in [0.5, 0.6) is 5.75 Å². The average molecular weight is 397 g/mol. The van der Waals surface area contributed by atoms with Gasteiger partial charge in [-0.15, -0.1) is 0 Å². The number of hydrogen-bond donors (Lipinski definition) is 2. The van der Waals surface area contributed by atoms with E-state index in [0.717, 1.165) is 0 Å². The van der Waals surface area contributed by atoms with E-state index in [4.69, 9.17) is 20.8 Å². The zero-order chi connectivity index (χ0) is 19.9. The Balaban J connectivity index is 1.84. The fourth-order valence-electron chi connectivity index (χ4n) is 2.35. The van der Waals surface area contributed by atoms with Crippen LogP contribution in [0, 0.1) is 0 Å². The first-order valence-corrected chi connectivity index (χ1v) is 8.70. The van der Waals surface area contributed by atoms with E-state index >= 15 is 0 Å². The number of rotatable bonds is 6. The van der Waals surface area contributed by atoms with Gasteiger partial charge in [0.2, 0.25) is 0 Å². The van der Waals surface area contributed by atoms with E-state index in [1.165, 1.54) is 12.3 Å². The molecule has 142 valence electrons. The van der Waals surface area contributed by atoms with Crippen molar-refractivity contribution < 1.29 is 18.7 Å². The van der Waals surface area contributed by atoms with Crippen molar-refractivity contribution in [3.05, 3.63) is 89.0 Å². The summed E-state index contributed by atoms with van der Waals surface area (Å²) in [5, 5.41) is 5.90. The molecule has 0 spiro atoms. The molecule has 3 rings (SSSR count). The Labute approximate surface area is 166 Å². The third-order valence-electron chi connectivity index (χ3n) is 3.77. The maximum absolute atomic E-state index is 12.8. The predicted molar refractivity (Wildman–Crippen MR) is 107 cm³/mol. The zero-order valence-electron chi connectivity index (χ0n) is 14.9. The van der Waals surface area contributed by atoms with Gasteiger partial charge in [-0.2, -0.15) is 0 Å². The van der Waals surface area contributed by atoms with Gasteiger partial charge in [0.25, 0.3) is 11.8 Å². The Kier molecular flexibility index (Phi) is 6.14. The van der Waals surface area contributed by atoms with Gasteiger partial charge < -0.3 is 19.8 Å². The summed E-state index contributed by atoms with van der Waals surface area (Å²) in [6, 6.07) is 16.8. The first-order chi connectivity index (χ1) is 13.5. The lowest BCUT2D eigenvalue weighted by atomic mass is 10.2. The number of nitrogens with one attached hydrogen (secondary N) is 2. The minimum absolute atomic E-state index is 0.0551. The van der Waals surface area contributed by atoms with Crippen LogP contribution in [0.2, 0.25) is 5.02 Å². The molecule has 1 heterocycles. The van der Waals surface area contributed by atoms with E-state index in [0.29, 0.717) is 22.0 Å². The van der Waals surface area contributed by atoms with E-state index in [2.05, 4.69) is 10.6 Å². The number of benzene rings is 2. The third kappa shape index (κ3) is 5.02. The predicted octanol–water partition coefficient (Wildman–Crippen LogP) is 4.35. The summed E-state index contributed by atoms with van der Waals surface area (Å²) in [6.07, 6.45) is 2.94. The number of methoxy groups -OCH3 is 1. The molecule has 0 aliphatic rings. The highest BCUT2D eigenvalue weighted by atomic mass is 35.5. The van der Waals surface area contributed by atoms with Crippen molar-refractivity contribution in [1.29, 1.82) is 0 Å². The summed E-state index contributed by atoms with van der Waals surface area (Å²) in [7, 11) is 1.56. The molecule has 6 nitrogen and oxygen atoms in total. The van der Waals surface area contributed by atoms with Crippen molar-refractivity contribution >= 4 is 35.2 Å². The molecule has 1 aromatic heterocycles. The maximum atomic E-state index is 12.8. The molecule has 0 saturated carbocycles. The van der Waals surface area contributed by atoms with Crippen LogP contribution in [0.15, 0.2) is 77.0 Å².